The second-order valence-electron chi connectivity index (χ2n) is 4.86. The van der Waals surface area contributed by atoms with Gasteiger partial charge in [0.25, 0.3) is 5.91 Å². The average molecular weight is 294 g/mol. The summed E-state index contributed by atoms with van der Waals surface area (Å²) in [5, 5.41) is 2.50. The molecule has 1 aromatic heterocycles. The van der Waals surface area contributed by atoms with Gasteiger partial charge in [0.1, 0.15) is 0 Å². The van der Waals surface area contributed by atoms with Gasteiger partial charge in [0.05, 0.1) is 25.8 Å². The van der Waals surface area contributed by atoms with E-state index in [0.717, 1.165) is 12.8 Å². The van der Waals surface area contributed by atoms with Gasteiger partial charge in [0.15, 0.2) is 5.76 Å². The molecule has 2 heterocycles. The van der Waals surface area contributed by atoms with Gasteiger partial charge in [-0.1, -0.05) is 0 Å². The molecule has 1 atom stereocenters. The Kier molecular flexibility index (Phi) is 4.97. The SMILES string of the molecule is COC(=O)C1CCCN(C(=O)CNC(=O)c2ccco2)C1. The molecule has 1 aliphatic rings. The molecule has 7 heteroatoms. The Morgan fingerprint density at radius 3 is 2.95 bits per heavy atom. The zero-order valence-corrected chi connectivity index (χ0v) is 11.8. The molecule has 7 nitrogen and oxygen atoms in total. The van der Waals surface area contributed by atoms with Crippen LogP contribution in [0.2, 0.25) is 0 Å². The van der Waals surface area contributed by atoms with E-state index in [0.29, 0.717) is 13.1 Å². The molecule has 2 amide bonds. The number of nitrogens with zero attached hydrogens (tertiary/aromatic N) is 1. The minimum atomic E-state index is -0.435. The highest BCUT2D eigenvalue weighted by molar-refractivity contribution is 5.94. The van der Waals surface area contributed by atoms with E-state index >= 15 is 0 Å². The quantitative estimate of drug-likeness (QED) is 0.813. The van der Waals surface area contributed by atoms with Crippen LogP contribution in [0.5, 0.6) is 0 Å². The largest absolute Gasteiger partial charge is 0.469 e. The first-order chi connectivity index (χ1) is 10.1. The zero-order chi connectivity index (χ0) is 15.2. The van der Waals surface area contributed by atoms with Crippen LogP contribution in [0.3, 0.4) is 0 Å². The zero-order valence-electron chi connectivity index (χ0n) is 11.8. The summed E-state index contributed by atoms with van der Waals surface area (Å²) < 4.78 is 9.64. The van der Waals surface area contributed by atoms with Crippen LogP contribution in [-0.2, 0) is 14.3 Å². The van der Waals surface area contributed by atoms with E-state index in [4.69, 9.17) is 9.15 Å². The molecule has 0 aliphatic carbocycles. The maximum Gasteiger partial charge on any atom is 0.310 e. The van der Waals surface area contributed by atoms with Gasteiger partial charge < -0.3 is 19.4 Å². The Hall–Kier alpha value is -2.31. The highest BCUT2D eigenvalue weighted by atomic mass is 16.5. The van der Waals surface area contributed by atoms with Crippen LogP contribution >= 0.6 is 0 Å². The van der Waals surface area contributed by atoms with Crippen molar-refractivity contribution in [2.75, 3.05) is 26.7 Å². The van der Waals surface area contributed by atoms with Crippen molar-refractivity contribution >= 4 is 17.8 Å². The van der Waals surface area contributed by atoms with Crippen LogP contribution in [0, 0.1) is 5.92 Å². The van der Waals surface area contributed by atoms with Crippen molar-refractivity contribution in [3.8, 4) is 0 Å². The number of methoxy groups -OCH3 is 1. The Labute approximate surface area is 122 Å². The van der Waals surface area contributed by atoms with Gasteiger partial charge in [0, 0.05) is 13.1 Å². The fourth-order valence-electron chi connectivity index (χ4n) is 2.33. The summed E-state index contributed by atoms with van der Waals surface area (Å²) in [7, 11) is 1.34. The third kappa shape index (κ3) is 3.84. The number of ether oxygens (including phenoxy) is 1. The summed E-state index contributed by atoms with van der Waals surface area (Å²) in [5.74, 6) is -1.08. The summed E-state index contributed by atoms with van der Waals surface area (Å²) in [5.41, 5.74) is 0. The van der Waals surface area contributed by atoms with E-state index in [2.05, 4.69) is 5.32 Å². The monoisotopic (exact) mass is 294 g/mol. The van der Waals surface area contributed by atoms with Gasteiger partial charge in [-0.3, -0.25) is 14.4 Å². The van der Waals surface area contributed by atoms with Crippen molar-refractivity contribution < 1.29 is 23.5 Å². The Morgan fingerprint density at radius 1 is 1.48 bits per heavy atom. The van der Waals surface area contributed by atoms with Crippen molar-refractivity contribution in [3.05, 3.63) is 24.2 Å². The first kappa shape index (κ1) is 15.1. The molecular weight excluding hydrogens is 276 g/mol. The third-order valence-corrected chi connectivity index (χ3v) is 3.45. The second kappa shape index (κ2) is 6.92. The number of furan rings is 1. The van der Waals surface area contributed by atoms with E-state index in [-0.39, 0.29) is 30.1 Å². The molecule has 0 aromatic carbocycles. The highest BCUT2D eigenvalue weighted by Gasteiger charge is 2.29. The van der Waals surface area contributed by atoms with E-state index in [1.165, 1.54) is 19.4 Å². The van der Waals surface area contributed by atoms with Gasteiger partial charge in [-0.25, -0.2) is 0 Å². The first-order valence-corrected chi connectivity index (χ1v) is 6.79. The van der Waals surface area contributed by atoms with Crippen molar-refractivity contribution in [2.45, 2.75) is 12.8 Å². The molecule has 0 saturated carbocycles. The lowest BCUT2D eigenvalue weighted by Gasteiger charge is -2.31. The predicted octanol–water partition coefficient (Wildman–Crippen LogP) is 0.421. The van der Waals surface area contributed by atoms with Gasteiger partial charge >= 0.3 is 5.97 Å². The summed E-state index contributed by atoms with van der Waals surface area (Å²) in [6, 6.07) is 3.12. The topological polar surface area (TPSA) is 88.9 Å². The molecular formula is C14H18N2O5. The summed E-state index contributed by atoms with van der Waals surface area (Å²) in [6.07, 6.45) is 2.86. The van der Waals surface area contributed by atoms with Crippen LogP contribution in [0.25, 0.3) is 0 Å². The number of esters is 1. The number of amides is 2. The van der Waals surface area contributed by atoms with Gasteiger partial charge in [-0.15, -0.1) is 0 Å². The number of rotatable bonds is 4. The molecule has 2 rings (SSSR count). The fraction of sp³-hybridized carbons (Fsp3) is 0.500. The molecule has 0 radical (unpaired) electrons. The number of likely N-dealkylation sites (tertiary alicyclic amines) is 1. The number of piperidine rings is 1. The van der Waals surface area contributed by atoms with Gasteiger partial charge in [-0.05, 0) is 25.0 Å². The second-order valence-corrected chi connectivity index (χ2v) is 4.86. The number of hydrogen-bond donors (Lipinski definition) is 1. The van der Waals surface area contributed by atoms with E-state index in [9.17, 15) is 14.4 Å². The lowest BCUT2D eigenvalue weighted by Crippen LogP contribution is -2.46. The molecule has 0 spiro atoms. The molecule has 0 bridgehead atoms. The van der Waals surface area contributed by atoms with Gasteiger partial charge in [0.2, 0.25) is 5.91 Å². The highest BCUT2D eigenvalue weighted by Crippen LogP contribution is 2.17. The molecule has 1 fully saturated rings. The molecule has 1 aliphatic heterocycles. The van der Waals surface area contributed by atoms with Crippen molar-refractivity contribution in [1.29, 1.82) is 0 Å². The molecule has 1 aromatic rings. The van der Waals surface area contributed by atoms with E-state index in [1.807, 2.05) is 0 Å². The van der Waals surface area contributed by atoms with Crippen LogP contribution < -0.4 is 5.32 Å². The minimum Gasteiger partial charge on any atom is -0.469 e. The Balaban J connectivity index is 1.82. The lowest BCUT2D eigenvalue weighted by molar-refractivity contribution is -0.148. The van der Waals surface area contributed by atoms with Crippen molar-refractivity contribution in [1.82, 2.24) is 10.2 Å². The average Bonchev–Trinajstić information content (AvgIpc) is 3.06. The predicted molar refractivity (Wildman–Crippen MR) is 72.4 cm³/mol. The minimum absolute atomic E-state index is 0.118. The van der Waals surface area contributed by atoms with Gasteiger partial charge in [-0.2, -0.15) is 0 Å². The third-order valence-electron chi connectivity index (χ3n) is 3.45. The fourth-order valence-corrected chi connectivity index (χ4v) is 2.33. The molecule has 114 valence electrons. The van der Waals surface area contributed by atoms with E-state index < -0.39 is 5.91 Å². The van der Waals surface area contributed by atoms with Crippen LogP contribution in [-0.4, -0.2) is 49.4 Å². The molecule has 1 unspecified atom stereocenters. The maximum absolute atomic E-state index is 12.1. The van der Waals surface area contributed by atoms with E-state index in [1.54, 1.807) is 11.0 Å². The Morgan fingerprint density at radius 2 is 2.29 bits per heavy atom. The van der Waals surface area contributed by atoms with Crippen molar-refractivity contribution in [3.63, 3.8) is 0 Å². The summed E-state index contributed by atoms with van der Waals surface area (Å²) in [6.45, 7) is 0.804. The molecule has 21 heavy (non-hydrogen) atoms. The number of nitrogens with one attached hydrogen (secondary N) is 1. The van der Waals surface area contributed by atoms with Crippen LogP contribution in [0.15, 0.2) is 22.8 Å². The number of carbonyl (C=O) groups is 3. The van der Waals surface area contributed by atoms with Crippen LogP contribution in [0.4, 0.5) is 0 Å². The smallest absolute Gasteiger partial charge is 0.310 e. The normalized spacial score (nSPS) is 18.1. The molecule has 1 N–H and O–H groups in total. The Bertz CT molecular complexity index is 511. The number of carbonyl (C=O) groups excluding carboxylic acids is 3. The first-order valence-electron chi connectivity index (χ1n) is 6.79. The molecule has 1 saturated heterocycles. The van der Waals surface area contributed by atoms with Crippen molar-refractivity contribution in [2.24, 2.45) is 5.92 Å². The summed E-state index contributed by atoms with van der Waals surface area (Å²) >= 11 is 0. The lowest BCUT2D eigenvalue weighted by atomic mass is 9.98. The standard InChI is InChI=1S/C14H18N2O5/c1-20-14(19)10-4-2-6-16(9-10)12(17)8-15-13(18)11-5-3-7-21-11/h3,5,7,10H,2,4,6,8-9H2,1H3,(H,15,18). The summed E-state index contributed by atoms with van der Waals surface area (Å²) in [4.78, 5) is 36.8. The number of hydrogen-bond acceptors (Lipinski definition) is 5. The van der Waals surface area contributed by atoms with Crippen LogP contribution in [0.1, 0.15) is 23.4 Å². The maximum atomic E-state index is 12.1.